The third-order valence-electron chi connectivity index (χ3n) is 1.11. The number of hydrogen-bond acceptors (Lipinski definition) is 1. The second-order valence-corrected chi connectivity index (χ2v) is 2.69. The van der Waals surface area contributed by atoms with Gasteiger partial charge >= 0.3 is 0 Å². The molecule has 11 heavy (non-hydrogen) atoms. The Morgan fingerprint density at radius 3 is 2.55 bits per heavy atom. The van der Waals surface area contributed by atoms with E-state index in [1.807, 2.05) is 0 Å². The zero-order valence-electron chi connectivity index (χ0n) is 6.10. The molecule has 1 aromatic rings. The maximum absolute atomic E-state index is 12.7. The predicted octanol–water partition coefficient (Wildman–Crippen LogP) is 2.22. The SMILES string of the molecule is COc1ccc(Br)cc1F.[Mg]. The van der Waals surface area contributed by atoms with E-state index in [-0.39, 0.29) is 34.6 Å². The van der Waals surface area contributed by atoms with Gasteiger partial charge in [0, 0.05) is 27.5 Å². The molecule has 0 aliphatic heterocycles. The average molecular weight is 229 g/mol. The molecule has 1 rings (SSSR count). The molecule has 0 fully saturated rings. The van der Waals surface area contributed by atoms with E-state index in [0.717, 1.165) is 0 Å². The van der Waals surface area contributed by atoms with Gasteiger partial charge in [0.2, 0.25) is 0 Å². The van der Waals surface area contributed by atoms with Crippen LogP contribution in [0.3, 0.4) is 0 Å². The molecular weight excluding hydrogens is 223 g/mol. The highest BCUT2D eigenvalue weighted by Gasteiger charge is 1.99. The molecule has 0 bridgehead atoms. The van der Waals surface area contributed by atoms with Crippen molar-refractivity contribution in [3.8, 4) is 5.75 Å². The van der Waals surface area contributed by atoms with Gasteiger partial charge in [-0.05, 0) is 18.2 Å². The lowest BCUT2D eigenvalue weighted by Crippen LogP contribution is -1.86. The Kier molecular flexibility index (Phi) is 5.04. The minimum Gasteiger partial charge on any atom is -0.494 e. The minimum absolute atomic E-state index is 0. The van der Waals surface area contributed by atoms with E-state index in [1.54, 1.807) is 12.1 Å². The molecule has 0 saturated heterocycles. The quantitative estimate of drug-likeness (QED) is 0.671. The lowest BCUT2D eigenvalue weighted by Gasteiger charge is -1.99. The van der Waals surface area contributed by atoms with E-state index in [9.17, 15) is 4.39 Å². The first-order valence-corrected chi connectivity index (χ1v) is 3.52. The first-order chi connectivity index (χ1) is 4.74. The number of halogens is 2. The van der Waals surface area contributed by atoms with Gasteiger partial charge in [0.05, 0.1) is 7.11 Å². The van der Waals surface area contributed by atoms with E-state index < -0.39 is 0 Å². The van der Waals surface area contributed by atoms with E-state index in [4.69, 9.17) is 4.74 Å². The molecule has 0 aliphatic rings. The van der Waals surface area contributed by atoms with Crippen molar-refractivity contribution in [1.82, 2.24) is 0 Å². The molecular formula is C7H6BrFMgO. The molecule has 0 unspecified atom stereocenters. The van der Waals surface area contributed by atoms with Crippen LogP contribution < -0.4 is 4.74 Å². The summed E-state index contributed by atoms with van der Waals surface area (Å²) in [6.07, 6.45) is 0. The molecule has 0 saturated carbocycles. The average Bonchev–Trinajstić information content (AvgIpc) is 1.88. The highest BCUT2D eigenvalue weighted by molar-refractivity contribution is 9.10. The van der Waals surface area contributed by atoms with Gasteiger partial charge in [-0.1, -0.05) is 15.9 Å². The fourth-order valence-electron chi connectivity index (χ4n) is 0.641. The topological polar surface area (TPSA) is 9.23 Å². The molecule has 0 aromatic heterocycles. The fraction of sp³-hybridized carbons (Fsp3) is 0.143. The lowest BCUT2D eigenvalue weighted by atomic mass is 10.3. The van der Waals surface area contributed by atoms with Crippen molar-refractivity contribution in [2.45, 2.75) is 0 Å². The van der Waals surface area contributed by atoms with Crippen molar-refractivity contribution in [2.24, 2.45) is 0 Å². The van der Waals surface area contributed by atoms with Gasteiger partial charge < -0.3 is 4.74 Å². The number of rotatable bonds is 1. The van der Waals surface area contributed by atoms with Crippen LogP contribution in [0.2, 0.25) is 0 Å². The summed E-state index contributed by atoms with van der Waals surface area (Å²) in [7, 11) is 1.44. The Bertz CT molecular complexity index is 242. The molecule has 0 atom stereocenters. The fourth-order valence-corrected chi connectivity index (χ4v) is 0.974. The largest absolute Gasteiger partial charge is 0.494 e. The first kappa shape index (κ1) is 11.2. The predicted molar refractivity (Wildman–Crippen MR) is 46.4 cm³/mol. The van der Waals surface area contributed by atoms with Crippen LogP contribution in [0, 0.1) is 5.82 Å². The van der Waals surface area contributed by atoms with Crippen LogP contribution in [0.4, 0.5) is 4.39 Å². The van der Waals surface area contributed by atoms with E-state index in [1.165, 1.54) is 13.2 Å². The first-order valence-electron chi connectivity index (χ1n) is 2.73. The van der Waals surface area contributed by atoms with Gasteiger partial charge in [0.1, 0.15) is 0 Å². The van der Waals surface area contributed by atoms with Crippen LogP contribution in [-0.2, 0) is 0 Å². The lowest BCUT2D eigenvalue weighted by molar-refractivity contribution is 0.386. The molecule has 0 aliphatic carbocycles. The van der Waals surface area contributed by atoms with Crippen molar-refractivity contribution in [1.29, 1.82) is 0 Å². The third-order valence-corrected chi connectivity index (χ3v) is 1.61. The second kappa shape index (κ2) is 4.95. The number of benzene rings is 1. The smallest absolute Gasteiger partial charge is 0.166 e. The molecule has 56 valence electrons. The van der Waals surface area contributed by atoms with Crippen molar-refractivity contribution in [3.05, 3.63) is 28.5 Å². The highest BCUT2D eigenvalue weighted by Crippen LogP contribution is 2.20. The van der Waals surface area contributed by atoms with E-state index >= 15 is 0 Å². The van der Waals surface area contributed by atoms with Gasteiger partial charge in [-0.25, -0.2) is 4.39 Å². The van der Waals surface area contributed by atoms with Crippen LogP contribution in [0.1, 0.15) is 0 Å². The van der Waals surface area contributed by atoms with Crippen molar-refractivity contribution < 1.29 is 9.13 Å². The normalized spacial score (nSPS) is 8.64. The minimum atomic E-state index is -0.350. The van der Waals surface area contributed by atoms with Crippen LogP contribution in [0.15, 0.2) is 22.7 Å². The number of hydrogen-bond donors (Lipinski definition) is 0. The van der Waals surface area contributed by atoms with Gasteiger partial charge in [0.25, 0.3) is 0 Å². The summed E-state index contributed by atoms with van der Waals surface area (Å²) in [5.74, 6) is -0.0833. The molecule has 2 radical (unpaired) electrons. The van der Waals surface area contributed by atoms with Crippen molar-refractivity contribution in [3.63, 3.8) is 0 Å². The van der Waals surface area contributed by atoms with Crippen LogP contribution in [0.5, 0.6) is 5.75 Å². The molecule has 0 N–H and O–H groups in total. The molecule has 1 nitrogen and oxygen atoms in total. The summed E-state index contributed by atoms with van der Waals surface area (Å²) < 4.78 is 18.1. The maximum Gasteiger partial charge on any atom is 0.166 e. The Labute approximate surface area is 89.2 Å². The zero-order chi connectivity index (χ0) is 7.56. The van der Waals surface area contributed by atoms with Crippen molar-refractivity contribution in [2.75, 3.05) is 7.11 Å². The van der Waals surface area contributed by atoms with Crippen LogP contribution >= 0.6 is 15.9 Å². The Balaban J connectivity index is 0.000001000. The summed E-state index contributed by atoms with van der Waals surface area (Å²) >= 11 is 3.13. The summed E-state index contributed by atoms with van der Waals surface area (Å²) in [6, 6.07) is 4.65. The summed E-state index contributed by atoms with van der Waals surface area (Å²) in [5, 5.41) is 0. The van der Waals surface area contributed by atoms with Gasteiger partial charge in [-0.15, -0.1) is 0 Å². The van der Waals surface area contributed by atoms with Crippen molar-refractivity contribution >= 4 is 39.0 Å². The molecule has 4 heteroatoms. The highest BCUT2D eigenvalue weighted by atomic mass is 79.9. The number of methoxy groups -OCH3 is 1. The third kappa shape index (κ3) is 2.97. The standard InChI is InChI=1S/C7H6BrFO.Mg/c1-10-7-3-2-5(8)4-6(7)9;/h2-4H,1H3;. The summed E-state index contributed by atoms with van der Waals surface area (Å²) in [4.78, 5) is 0. The van der Waals surface area contributed by atoms with E-state index in [2.05, 4.69) is 15.9 Å². The Morgan fingerprint density at radius 2 is 2.09 bits per heavy atom. The van der Waals surface area contributed by atoms with E-state index in [0.29, 0.717) is 4.47 Å². The Morgan fingerprint density at radius 1 is 1.45 bits per heavy atom. The van der Waals surface area contributed by atoms with Crippen LogP contribution in [-0.4, -0.2) is 30.2 Å². The summed E-state index contributed by atoms with van der Waals surface area (Å²) in [5.41, 5.74) is 0. The van der Waals surface area contributed by atoms with Gasteiger partial charge in [-0.2, -0.15) is 0 Å². The monoisotopic (exact) mass is 228 g/mol. The van der Waals surface area contributed by atoms with Gasteiger partial charge in [0.15, 0.2) is 11.6 Å². The Hall–Kier alpha value is 0.196. The zero-order valence-corrected chi connectivity index (χ0v) is 9.10. The summed E-state index contributed by atoms with van der Waals surface area (Å²) in [6.45, 7) is 0. The molecule has 0 amide bonds. The molecule has 0 spiro atoms. The maximum atomic E-state index is 12.7. The molecule has 0 heterocycles. The molecule has 1 aromatic carbocycles. The number of ether oxygens (including phenoxy) is 1. The second-order valence-electron chi connectivity index (χ2n) is 1.78. The van der Waals surface area contributed by atoms with Crippen LogP contribution in [0.25, 0.3) is 0 Å². The van der Waals surface area contributed by atoms with Gasteiger partial charge in [-0.3, -0.25) is 0 Å².